The van der Waals surface area contributed by atoms with Gasteiger partial charge in [0.25, 0.3) is 0 Å². The van der Waals surface area contributed by atoms with Crippen molar-refractivity contribution in [2.45, 2.75) is 70.3 Å². The van der Waals surface area contributed by atoms with Crippen LogP contribution >= 0.6 is 0 Å². The van der Waals surface area contributed by atoms with E-state index in [1.807, 2.05) is 24.3 Å². The first-order valence-electron chi connectivity index (χ1n) is 10.9. The van der Waals surface area contributed by atoms with Crippen LogP contribution in [0.1, 0.15) is 63.4 Å². The number of methoxy groups -OCH3 is 1. The normalized spacial score (nSPS) is 21.7. The van der Waals surface area contributed by atoms with Gasteiger partial charge in [-0.2, -0.15) is 0 Å². The number of amides is 2. The zero-order valence-electron chi connectivity index (χ0n) is 17.1. The number of benzene rings is 1. The van der Waals surface area contributed by atoms with Crippen molar-refractivity contribution >= 4 is 11.8 Å². The number of rotatable bonds is 8. The molecule has 2 aliphatic rings. The van der Waals surface area contributed by atoms with Gasteiger partial charge in [0.1, 0.15) is 5.75 Å². The van der Waals surface area contributed by atoms with Crippen molar-refractivity contribution in [2.24, 2.45) is 5.92 Å². The van der Waals surface area contributed by atoms with E-state index in [1.54, 1.807) is 7.11 Å². The van der Waals surface area contributed by atoms with Gasteiger partial charge in [-0.05, 0) is 56.1 Å². The quantitative estimate of drug-likeness (QED) is 0.741. The number of nitrogens with zero attached hydrogens (tertiary/aromatic N) is 1. The van der Waals surface area contributed by atoms with E-state index in [-0.39, 0.29) is 11.8 Å². The van der Waals surface area contributed by atoms with Crippen LogP contribution in [-0.4, -0.2) is 43.0 Å². The topological polar surface area (TPSA) is 58.6 Å². The highest BCUT2D eigenvalue weighted by molar-refractivity contribution is 5.79. The molecule has 28 heavy (non-hydrogen) atoms. The Balaban J connectivity index is 1.35. The van der Waals surface area contributed by atoms with E-state index in [4.69, 9.17) is 4.74 Å². The summed E-state index contributed by atoms with van der Waals surface area (Å²) in [6.45, 7) is 1.49. The van der Waals surface area contributed by atoms with Crippen molar-refractivity contribution in [3.63, 3.8) is 0 Å². The van der Waals surface area contributed by atoms with Gasteiger partial charge >= 0.3 is 0 Å². The second-order valence-corrected chi connectivity index (χ2v) is 8.11. The van der Waals surface area contributed by atoms with Crippen LogP contribution in [0.2, 0.25) is 0 Å². The maximum atomic E-state index is 12.7. The number of carbonyl (C=O) groups excluding carboxylic acids is 2. The van der Waals surface area contributed by atoms with Gasteiger partial charge in [0, 0.05) is 32.0 Å². The maximum absolute atomic E-state index is 12.7. The Bertz CT molecular complexity index is 659. The van der Waals surface area contributed by atoms with Gasteiger partial charge < -0.3 is 15.0 Å². The summed E-state index contributed by atoms with van der Waals surface area (Å²) in [7, 11) is 1.66. The lowest BCUT2D eigenvalue weighted by molar-refractivity contribution is -0.137. The fraction of sp³-hybridized carbons (Fsp3) is 0.652. The molecule has 3 rings (SSSR count). The minimum Gasteiger partial charge on any atom is -0.496 e. The summed E-state index contributed by atoms with van der Waals surface area (Å²) in [4.78, 5) is 26.9. The van der Waals surface area contributed by atoms with Crippen LogP contribution in [0, 0.1) is 5.92 Å². The molecule has 1 aromatic rings. The molecule has 0 bridgehead atoms. The average Bonchev–Trinajstić information content (AvgIpc) is 2.73. The van der Waals surface area contributed by atoms with Crippen LogP contribution in [0.4, 0.5) is 0 Å². The summed E-state index contributed by atoms with van der Waals surface area (Å²) >= 11 is 0. The summed E-state index contributed by atoms with van der Waals surface area (Å²) in [6.07, 6.45) is 9.71. The van der Waals surface area contributed by atoms with Gasteiger partial charge in [-0.3, -0.25) is 9.59 Å². The molecule has 1 saturated carbocycles. The molecule has 0 aromatic heterocycles. The molecule has 1 N–H and O–H groups in total. The first kappa shape index (κ1) is 20.7. The first-order chi connectivity index (χ1) is 13.7. The first-order valence-corrected chi connectivity index (χ1v) is 10.9. The molecule has 5 nitrogen and oxygen atoms in total. The second kappa shape index (κ2) is 10.5. The van der Waals surface area contributed by atoms with Gasteiger partial charge in [0.2, 0.25) is 11.8 Å². The summed E-state index contributed by atoms with van der Waals surface area (Å²) in [5, 5.41) is 2.96. The third-order valence-electron chi connectivity index (χ3n) is 6.27. The van der Waals surface area contributed by atoms with Crippen molar-refractivity contribution in [3.8, 4) is 5.75 Å². The fourth-order valence-corrected chi connectivity index (χ4v) is 4.81. The summed E-state index contributed by atoms with van der Waals surface area (Å²) < 4.78 is 5.33. The number of para-hydroxylation sites is 1. The molecule has 1 aliphatic heterocycles. The Morgan fingerprint density at radius 2 is 1.89 bits per heavy atom. The number of hydrogen-bond donors (Lipinski definition) is 1. The fourth-order valence-electron chi connectivity index (χ4n) is 4.81. The second-order valence-electron chi connectivity index (χ2n) is 8.11. The van der Waals surface area contributed by atoms with E-state index in [0.717, 1.165) is 30.7 Å². The predicted octanol–water partition coefficient (Wildman–Crippen LogP) is 3.71. The Hall–Kier alpha value is -2.04. The molecule has 1 saturated heterocycles. The third-order valence-corrected chi connectivity index (χ3v) is 6.27. The van der Waals surface area contributed by atoms with E-state index in [2.05, 4.69) is 10.2 Å². The number of nitrogens with one attached hydrogen (secondary N) is 1. The molecular formula is C23H34N2O3. The monoisotopic (exact) mass is 386 g/mol. The van der Waals surface area contributed by atoms with Gasteiger partial charge in [0.15, 0.2) is 0 Å². The van der Waals surface area contributed by atoms with E-state index in [9.17, 15) is 9.59 Å². The van der Waals surface area contributed by atoms with E-state index in [0.29, 0.717) is 37.8 Å². The van der Waals surface area contributed by atoms with Gasteiger partial charge in [-0.25, -0.2) is 0 Å². The third kappa shape index (κ3) is 5.49. The minimum atomic E-state index is 0.0249. The molecule has 2 atom stereocenters. The average molecular weight is 387 g/mol. The zero-order chi connectivity index (χ0) is 19.8. The van der Waals surface area contributed by atoms with E-state index < -0.39 is 0 Å². The van der Waals surface area contributed by atoms with Crippen molar-refractivity contribution in [3.05, 3.63) is 29.8 Å². The number of piperidine rings is 1. The molecule has 1 aromatic carbocycles. The lowest BCUT2D eigenvalue weighted by atomic mass is 9.78. The highest BCUT2D eigenvalue weighted by atomic mass is 16.5. The Morgan fingerprint density at radius 3 is 2.75 bits per heavy atom. The van der Waals surface area contributed by atoms with E-state index >= 15 is 0 Å². The van der Waals surface area contributed by atoms with E-state index in [1.165, 1.54) is 32.1 Å². The van der Waals surface area contributed by atoms with Crippen LogP contribution in [0.5, 0.6) is 5.75 Å². The number of likely N-dealkylation sites (tertiary alicyclic amines) is 1. The molecule has 2 amide bonds. The largest absolute Gasteiger partial charge is 0.496 e. The standard InChI is InChI=1S/C23H34N2O3/c1-28-21-12-5-3-9-19(21)15-16-24-22(26)13-6-14-23(27)25-17-7-10-18-8-2-4-11-20(18)25/h3,5,9,12,18,20H,2,4,6-8,10-11,13-17H2,1H3,(H,24,26). The molecule has 2 fully saturated rings. The van der Waals surface area contributed by atoms with Crippen LogP contribution < -0.4 is 10.1 Å². The molecule has 5 heteroatoms. The van der Waals surface area contributed by atoms with Crippen molar-refractivity contribution < 1.29 is 14.3 Å². The Morgan fingerprint density at radius 1 is 1.11 bits per heavy atom. The SMILES string of the molecule is COc1ccccc1CCNC(=O)CCCC(=O)N1CCCC2CCCCC21. The number of carbonyl (C=O) groups is 2. The summed E-state index contributed by atoms with van der Waals surface area (Å²) in [6, 6.07) is 8.32. The number of fused-ring (bicyclic) bond motifs is 1. The van der Waals surface area contributed by atoms with Gasteiger partial charge in [-0.15, -0.1) is 0 Å². The van der Waals surface area contributed by atoms with Crippen LogP contribution in [0.15, 0.2) is 24.3 Å². The Kier molecular flexibility index (Phi) is 7.75. The lowest BCUT2D eigenvalue weighted by Crippen LogP contribution is -2.49. The highest BCUT2D eigenvalue weighted by Crippen LogP contribution is 2.35. The molecule has 0 spiro atoms. The molecule has 2 unspecified atom stereocenters. The van der Waals surface area contributed by atoms with Crippen molar-refractivity contribution in [2.75, 3.05) is 20.2 Å². The summed E-state index contributed by atoms with van der Waals surface area (Å²) in [5.41, 5.74) is 1.09. The molecular weight excluding hydrogens is 352 g/mol. The zero-order valence-corrected chi connectivity index (χ0v) is 17.1. The minimum absolute atomic E-state index is 0.0249. The molecule has 1 aliphatic carbocycles. The maximum Gasteiger partial charge on any atom is 0.222 e. The molecule has 154 valence electrons. The Labute approximate surface area is 168 Å². The van der Waals surface area contributed by atoms with Crippen molar-refractivity contribution in [1.29, 1.82) is 0 Å². The number of ether oxygens (including phenoxy) is 1. The summed E-state index contributed by atoms with van der Waals surface area (Å²) in [5.74, 6) is 1.84. The van der Waals surface area contributed by atoms with Crippen LogP contribution in [-0.2, 0) is 16.0 Å². The van der Waals surface area contributed by atoms with Gasteiger partial charge in [0.05, 0.1) is 7.11 Å². The molecule has 1 heterocycles. The number of hydrogen-bond acceptors (Lipinski definition) is 3. The highest BCUT2D eigenvalue weighted by Gasteiger charge is 2.35. The van der Waals surface area contributed by atoms with Crippen molar-refractivity contribution in [1.82, 2.24) is 10.2 Å². The van der Waals surface area contributed by atoms with Crippen LogP contribution in [0.3, 0.4) is 0 Å². The predicted molar refractivity (Wildman–Crippen MR) is 110 cm³/mol. The van der Waals surface area contributed by atoms with Gasteiger partial charge in [-0.1, -0.05) is 31.0 Å². The van der Waals surface area contributed by atoms with Crippen LogP contribution in [0.25, 0.3) is 0 Å². The smallest absolute Gasteiger partial charge is 0.222 e. The molecule has 0 radical (unpaired) electrons. The lowest BCUT2D eigenvalue weighted by Gasteiger charge is -2.44.